The summed E-state index contributed by atoms with van der Waals surface area (Å²) in [6, 6.07) is 21.6. The number of hydrogen-bond donors (Lipinski definition) is 2. The Balaban J connectivity index is 1.70. The summed E-state index contributed by atoms with van der Waals surface area (Å²) in [6.07, 6.45) is 0. The van der Waals surface area contributed by atoms with E-state index in [0.29, 0.717) is 17.2 Å². The Morgan fingerprint density at radius 1 is 0.793 bits per heavy atom. The van der Waals surface area contributed by atoms with Crippen molar-refractivity contribution < 1.29 is 19.0 Å². The lowest BCUT2D eigenvalue weighted by atomic mass is 10.2. The molecule has 0 spiro atoms. The first-order chi connectivity index (χ1) is 14.1. The van der Waals surface area contributed by atoms with Gasteiger partial charge in [-0.05, 0) is 55.5 Å². The highest BCUT2D eigenvalue weighted by molar-refractivity contribution is 5.96. The fraction of sp³-hybridized carbons (Fsp3) is 0.174. The molecule has 1 unspecified atom stereocenters. The summed E-state index contributed by atoms with van der Waals surface area (Å²) in [5.41, 5.74) is 1.49. The van der Waals surface area contributed by atoms with Crippen molar-refractivity contribution in [1.29, 1.82) is 0 Å². The molecule has 0 heterocycles. The molecule has 150 valence electrons. The lowest BCUT2D eigenvalue weighted by Crippen LogP contribution is -2.31. The summed E-state index contributed by atoms with van der Waals surface area (Å²) in [5.74, 6) is 2.39. The van der Waals surface area contributed by atoms with E-state index in [9.17, 15) is 4.79 Å². The third-order valence-electron chi connectivity index (χ3n) is 4.27. The van der Waals surface area contributed by atoms with Crippen LogP contribution in [0.25, 0.3) is 0 Å². The minimum Gasteiger partial charge on any atom is -0.497 e. The zero-order valence-corrected chi connectivity index (χ0v) is 16.6. The van der Waals surface area contributed by atoms with Crippen LogP contribution in [0.15, 0.2) is 72.8 Å². The Morgan fingerprint density at radius 3 is 2.14 bits per heavy atom. The first-order valence-corrected chi connectivity index (χ1v) is 9.21. The maximum atomic E-state index is 12.4. The van der Waals surface area contributed by atoms with Crippen molar-refractivity contribution in [2.24, 2.45) is 0 Å². The molecule has 0 aliphatic rings. The summed E-state index contributed by atoms with van der Waals surface area (Å²) in [7, 11) is 3.20. The maximum absolute atomic E-state index is 12.4. The Bertz CT molecular complexity index is 943. The van der Waals surface area contributed by atoms with Gasteiger partial charge in [-0.3, -0.25) is 4.79 Å². The molecular formula is C23H24N2O4. The molecule has 1 atom stereocenters. The second kappa shape index (κ2) is 9.50. The van der Waals surface area contributed by atoms with E-state index in [1.165, 1.54) is 0 Å². The number of carbonyl (C=O) groups is 1. The predicted molar refractivity (Wildman–Crippen MR) is 114 cm³/mol. The highest BCUT2D eigenvalue weighted by Crippen LogP contribution is 2.34. The van der Waals surface area contributed by atoms with Gasteiger partial charge in [-0.15, -0.1) is 0 Å². The van der Waals surface area contributed by atoms with Gasteiger partial charge in [-0.1, -0.05) is 18.2 Å². The average molecular weight is 392 g/mol. The van der Waals surface area contributed by atoms with Gasteiger partial charge in [0.1, 0.15) is 17.5 Å². The molecule has 0 fully saturated rings. The number of anilines is 2. The highest BCUT2D eigenvalue weighted by atomic mass is 16.5. The molecule has 0 saturated heterocycles. The number of ether oxygens (including phenoxy) is 3. The third-order valence-corrected chi connectivity index (χ3v) is 4.27. The minimum atomic E-state index is -0.447. The van der Waals surface area contributed by atoms with Crippen LogP contribution in [0.5, 0.6) is 23.0 Å². The Hall–Kier alpha value is -3.67. The van der Waals surface area contributed by atoms with Crippen molar-refractivity contribution in [1.82, 2.24) is 0 Å². The van der Waals surface area contributed by atoms with Gasteiger partial charge in [0, 0.05) is 17.4 Å². The van der Waals surface area contributed by atoms with Crippen LogP contribution < -0.4 is 24.8 Å². The predicted octanol–water partition coefficient (Wildman–Crippen LogP) is 4.94. The number of rotatable bonds is 8. The summed E-state index contributed by atoms with van der Waals surface area (Å²) in [6.45, 7) is 1.80. The van der Waals surface area contributed by atoms with Crippen molar-refractivity contribution in [3.63, 3.8) is 0 Å². The standard InChI is InChI=1S/C23H24N2O4/c1-16(23(26)25-17-7-5-4-6-8-17)24-18-9-14-21(28-3)22(15-18)29-20-12-10-19(27-2)11-13-20/h4-16,24H,1-3H3,(H,25,26). The number of nitrogens with one attached hydrogen (secondary N) is 2. The molecule has 29 heavy (non-hydrogen) atoms. The van der Waals surface area contributed by atoms with E-state index in [4.69, 9.17) is 14.2 Å². The van der Waals surface area contributed by atoms with Crippen molar-refractivity contribution in [2.45, 2.75) is 13.0 Å². The van der Waals surface area contributed by atoms with Gasteiger partial charge in [0.2, 0.25) is 5.91 Å². The quantitative estimate of drug-likeness (QED) is 0.569. The summed E-state index contributed by atoms with van der Waals surface area (Å²) in [5, 5.41) is 6.07. The van der Waals surface area contributed by atoms with Crippen molar-refractivity contribution in [2.75, 3.05) is 24.9 Å². The van der Waals surface area contributed by atoms with Gasteiger partial charge in [0.25, 0.3) is 0 Å². The van der Waals surface area contributed by atoms with Crippen molar-refractivity contribution in [3.8, 4) is 23.0 Å². The van der Waals surface area contributed by atoms with Gasteiger partial charge in [0.05, 0.1) is 14.2 Å². The first-order valence-electron chi connectivity index (χ1n) is 9.21. The molecule has 3 rings (SSSR count). The first kappa shape index (κ1) is 20.1. The normalized spacial score (nSPS) is 11.3. The lowest BCUT2D eigenvalue weighted by molar-refractivity contribution is -0.116. The molecule has 0 radical (unpaired) electrons. The molecule has 3 aromatic rings. The van der Waals surface area contributed by atoms with E-state index < -0.39 is 6.04 Å². The fourth-order valence-electron chi connectivity index (χ4n) is 2.70. The Labute approximate surface area is 170 Å². The van der Waals surface area contributed by atoms with Crippen LogP contribution >= 0.6 is 0 Å². The molecule has 0 aliphatic carbocycles. The molecule has 6 nitrogen and oxygen atoms in total. The minimum absolute atomic E-state index is 0.135. The van der Waals surface area contributed by atoms with Crippen LogP contribution in [0.4, 0.5) is 11.4 Å². The largest absolute Gasteiger partial charge is 0.497 e. The van der Waals surface area contributed by atoms with Gasteiger partial charge in [-0.2, -0.15) is 0 Å². The molecule has 0 aliphatic heterocycles. The van der Waals surface area contributed by atoms with Gasteiger partial charge in [0.15, 0.2) is 11.5 Å². The molecule has 6 heteroatoms. The number of carbonyl (C=O) groups excluding carboxylic acids is 1. The van der Waals surface area contributed by atoms with E-state index in [-0.39, 0.29) is 5.91 Å². The van der Waals surface area contributed by atoms with Crippen LogP contribution in [-0.4, -0.2) is 26.2 Å². The van der Waals surface area contributed by atoms with Crippen LogP contribution in [0.2, 0.25) is 0 Å². The van der Waals surface area contributed by atoms with Crippen molar-refractivity contribution in [3.05, 3.63) is 72.8 Å². The topological polar surface area (TPSA) is 68.8 Å². The monoisotopic (exact) mass is 392 g/mol. The second-order valence-electron chi connectivity index (χ2n) is 6.36. The van der Waals surface area contributed by atoms with E-state index in [2.05, 4.69) is 10.6 Å². The van der Waals surface area contributed by atoms with Crippen LogP contribution in [0.1, 0.15) is 6.92 Å². The second-order valence-corrected chi connectivity index (χ2v) is 6.36. The summed E-state index contributed by atoms with van der Waals surface area (Å²) >= 11 is 0. The lowest BCUT2D eigenvalue weighted by Gasteiger charge is -2.17. The molecule has 0 bridgehead atoms. The van der Waals surface area contributed by atoms with Gasteiger partial charge < -0.3 is 24.8 Å². The number of hydrogen-bond acceptors (Lipinski definition) is 5. The Kier molecular flexibility index (Phi) is 6.58. The zero-order chi connectivity index (χ0) is 20.6. The average Bonchev–Trinajstić information content (AvgIpc) is 2.75. The van der Waals surface area contributed by atoms with E-state index in [0.717, 1.165) is 17.1 Å². The van der Waals surface area contributed by atoms with Crippen LogP contribution in [0, 0.1) is 0 Å². The van der Waals surface area contributed by atoms with E-state index in [1.54, 1.807) is 33.3 Å². The maximum Gasteiger partial charge on any atom is 0.246 e. The van der Waals surface area contributed by atoms with E-state index >= 15 is 0 Å². The molecule has 0 aromatic heterocycles. The zero-order valence-electron chi connectivity index (χ0n) is 16.6. The molecular weight excluding hydrogens is 368 g/mol. The molecule has 2 N–H and O–H groups in total. The smallest absolute Gasteiger partial charge is 0.246 e. The number of methoxy groups -OCH3 is 2. The SMILES string of the molecule is COc1ccc(Oc2cc(NC(C)C(=O)Nc3ccccc3)ccc2OC)cc1. The van der Waals surface area contributed by atoms with Crippen LogP contribution in [0.3, 0.4) is 0 Å². The number of para-hydroxylation sites is 1. The molecule has 3 aromatic carbocycles. The van der Waals surface area contributed by atoms with E-state index in [1.807, 2.05) is 60.7 Å². The third kappa shape index (κ3) is 5.42. The number of amides is 1. The number of benzene rings is 3. The van der Waals surface area contributed by atoms with Gasteiger partial charge in [-0.25, -0.2) is 0 Å². The Morgan fingerprint density at radius 2 is 1.48 bits per heavy atom. The fourth-order valence-corrected chi connectivity index (χ4v) is 2.70. The summed E-state index contributed by atoms with van der Waals surface area (Å²) < 4.78 is 16.5. The van der Waals surface area contributed by atoms with Gasteiger partial charge >= 0.3 is 0 Å². The van der Waals surface area contributed by atoms with Crippen molar-refractivity contribution >= 4 is 17.3 Å². The van der Waals surface area contributed by atoms with Crippen LogP contribution in [-0.2, 0) is 4.79 Å². The highest BCUT2D eigenvalue weighted by Gasteiger charge is 2.14. The molecule has 0 saturated carbocycles. The molecule has 1 amide bonds. The summed E-state index contributed by atoms with van der Waals surface area (Å²) in [4.78, 5) is 12.4.